The van der Waals surface area contributed by atoms with Crippen molar-refractivity contribution >= 4 is 11.7 Å². The number of nitrogens with one attached hydrogen (secondary N) is 2. The summed E-state index contributed by atoms with van der Waals surface area (Å²) in [5.41, 5.74) is 1.60. The number of anilines is 1. The Labute approximate surface area is 141 Å². The Morgan fingerprint density at radius 1 is 1.50 bits per heavy atom. The predicted molar refractivity (Wildman–Crippen MR) is 91.8 cm³/mol. The highest BCUT2D eigenvalue weighted by Gasteiger charge is 2.23. The van der Waals surface area contributed by atoms with E-state index in [0.29, 0.717) is 19.0 Å². The van der Waals surface area contributed by atoms with Gasteiger partial charge in [0.05, 0.1) is 6.10 Å². The number of amides is 2. The van der Waals surface area contributed by atoms with Crippen LogP contribution >= 0.6 is 0 Å². The minimum atomic E-state index is -0.0947. The number of urea groups is 1. The molecule has 7 nitrogen and oxygen atoms in total. The van der Waals surface area contributed by atoms with E-state index in [2.05, 4.69) is 20.5 Å². The Morgan fingerprint density at radius 3 is 3.12 bits per heavy atom. The number of rotatable bonds is 4. The van der Waals surface area contributed by atoms with Gasteiger partial charge in [0.25, 0.3) is 0 Å². The largest absolute Gasteiger partial charge is 0.377 e. The fourth-order valence-electron chi connectivity index (χ4n) is 2.90. The summed E-state index contributed by atoms with van der Waals surface area (Å²) in [5.74, 6) is 1.38. The number of carbonyl (C=O) groups is 1. The van der Waals surface area contributed by atoms with Crippen molar-refractivity contribution in [3.63, 3.8) is 0 Å². The average Bonchev–Trinajstić information content (AvgIpc) is 3.02. The van der Waals surface area contributed by atoms with Gasteiger partial charge in [-0.2, -0.15) is 5.10 Å². The fraction of sp³-hybridized carbons (Fsp3) is 0.471. The highest BCUT2D eigenvalue weighted by atomic mass is 16.5. The normalized spacial score (nSPS) is 17.8. The zero-order valence-electron chi connectivity index (χ0n) is 14.1. The topological polar surface area (TPSA) is 83.1 Å². The van der Waals surface area contributed by atoms with Crippen LogP contribution in [0.25, 0.3) is 11.4 Å². The number of ether oxygens (including phenoxy) is 1. The van der Waals surface area contributed by atoms with Crippen molar-refractivity contribution in [3.05, 3.63) is 30.1 Å². The quantitative estimate of drug-likeness (QED) is 0.903. The molecule has 0 aliphatic carbocycles. The van der Waals surface area contributed by atoms with Crippen molar-refractivity contribution in [2.24, 2.45) is 0 Å². The van der Waals surface area contributed by atoms with Gasteiger partial charge < -0.3 is 15.0 Å². The molecule has 1 fully saturated rings. The minimum absolute atomic E-state index is 0.0947. The van der Waals surface area contributed by atoms with Crippen molar-refractivity contribution in [1.29, 1.82) is 0 Å². The number of hydrogen-bond donors (Lipinski definition) is 2. The smallest absolute Gasteiger partial charge is 0.321 e. The molecule has 2 N–H and O–H groups in total. The maximum absolute atomic E-state index is 12.5. The van der Waals surface area contributed by atoms with E-state index in [4.69, 9.17) is 4.74 Å². The molecule has 128 valence electrons. The third-order valence-corrected chi connectivity index (χ3v) is 4.04. The maximum atomic E-state index is 12.5. The molecule has 2 aromatic rings. The summed E-state index contributed by atoms with van der Waals surface area (Å²) >= 11 is 0. The lowest BCUT2D eigenvalue weighted by Gasteiger charge is -2.32. The third-order valence-electron chi connectivity index (χ3n) is 4.04. The molecule has 24 heavy (non-hydrogen) atoms. The van der Waals surface area contributed by atoms with E-state index in [9.17, 15) is 4.79 Å². The number of H-pyrrole nitrogens is 1. The van der Waals surface area contributed by atoms with E-state index in [-0.39, 0.29) is 12.1 Å². The SMILES string of the molecule is CCOC1CCCN(C(=O)Nc2cccc(-c3n[nH]c(C)n3)c2)C1. The van der Waals surface area contributed by atoms with Gasteiger partial charge in [-0.3, -0.25) is 5.10 Å². The highest BCUT2D eigenvalue weighted by Crippen LogP contribution is 2.20. The van der Waals surface area contributed by atoms with Gasteiger partial charge in [-0.15, -0.1) is 0 Å². The summed E-state index contributed by atoms with van der Waals surface area (Å²) in [6.07, 6.45) is 2.11. The number of hydrogen-bond acceptors (Lipinski definition) is 4. The number of nitrogens with zero attached hydrogens (tertiary/aromatic N) is 3. The number of benzene rings is 1. The summed E-state index contributed by atoms with van der Waals surface area (Å²) in [7, 11) is 0. The van der Waals surface area contributed by atoms with E-state index in [1.165, 1.54) is 0 Å². The number of likely N-dealkylation sites (tertiary alicyclic amines) is 1. The van der Waals surface area contributed by atoms with Crippen LogP contribution in [-0.4, -0.2) is 51.9 Å². The van der Waals surface area contributed by atoms with Gasteiger partial charge in [-0.1, -0.05) is 12.1 Å². The summed E-state index contributed by atoms with van der Waals surface area (Å²) in [6.45, 7) is 5.91. The van der Waals surface area contributed by atoms with Crippen molar-refractivity contribution < 1.29 is 9.53 Å². The first-order chi connectivity index (χ1) is 11.7. The van der Waals surface area contributed by atoms with Gasteiger partial charge in [0, 0.05) is 30.9 Å². The first-order valence-electron chi connectivity index (χ1n) is 8.32. The fourth-order valence-corrected chi connectivity index (χ4v) is 2.90. The Bertz CT molecular complexity index is 698. The Balaban J connectivity index is 1.66. The van der Waals surface area contributed by atoms with E-state index >= 15 is 0 Å². The van der Waals surface area contributed by atoms with Gasteiger partial charge in [0.15, 0.2) is 5.82 Å². The molecule has 2 amide bonds. The van der Waals surface area contributed by atoms with Crippen LogP contribution in [0.5, 0.6) is 0 Å². The molecule has 0 radical (unpaired) electrons. The zero-order valence-corrected chi connectivity index (χ0v) is 14.1. The Kier molecular flexibility index (Phi) is 5.10. The van der Waals surface area contributed by atoms with Gasteiger partial charge in [-0.05, 0) is 38.8 Å². The highest BCUT2D eigenvalue weighted by molar-refractivity contribution is 5.90. The monoisotopic (exact) mass is 329 g/mol. The number of aromatic amines is 1. The van der Waals surface area contributed by atoms with Crippen molar-refractivity contribution in [1.82, 2.24) is 20.1 Å². The van der Waals surface area contributed by atoms with Crippen LogP contribution in [0.3, 0.4) is 0 Å². The number of aromatic nitrogens is 3. The average molecular weight is 329 g/mol. The Hall–Kier alpha value is -2.41. The van der Waals surface area contributed by atoms with Crippen LogP contribution in [0.1, 0.15) is 25.6 Å². The standard InChI is InChI=1S/C17H23N5O2/c1-3-24-15-8-5-9-22(11-15)17(23)19-14-7-4-6-13(10-14)16-18-12(2)20-21-16/h4,6-7,10,15H,3,5,8-9,11H2,1-2H3,(H,19,23)(H,18,20,21). The second-order valence-corrected chi connectivity index (χ2v) is 5.92. The van der Waals surface area contributed by atoms with Gasteiger partial charge in [-0.25, -0.2) is 9.78 Å². The van der Waals surface area contributed by atoms with Gasteiger partial charge in [0.1, 0.15) is 5.82 Å². The third kappa shape index (κ3) is 3.91. The number of piperidine rings is 1. The molecule has 7 heteroatoms. The molecule has 1 saturated heterocycles. The van der Waals surface area contributed by atoms with Crippen LogP contribution in [-0.2, 0) is 4.74 Å². The molecule has 0 saturated carbocycles. The Morgan fingerprint density at radius 2 is 2.38 bits per heavy atom. The lowest BCUT2D eigenvalue weighted by molar-refractivity contribution is 0.0181. The molecule has 1 atom stereocenters. The van der Waals surface area contributed by atoms with Gasteiger partial charge in [0.2, 0.25) is 0 Å². The molecule has 1 aliphatic heterocycles. The van der Waals surface area contributed by atoms with Crippen molar-refractivity contribution in [2.75, 3.05) is 25.0 Å². The van der Waals surface area contributed by atoms with Crippen LogP contribution in [0.4, 0.5) is 10.5 Å². The molecule has 2 heterocycles. The molecule has 1 aromatic carbocycles. The minimum Gasteiger partial charge on any atom is -0.377 e. The lowest BCUT2D eigenvalue weighted by Crippen LogP contribution is -2.45. The van der Waals surface area contributed by atoms with Crippen LogP contribution in [0, 0.1) is 6.92 Å². The first-order valence-corrected chi connectivity index (χ1v) is 8.32. The molecule has 1 unspecified atom stereocenters. The van der Waals surface area contributed by atoms with Crippen LogP contribution in [0.2, 0.25) is 0 Å². The van der Waals surface area contributed by atoms with E-state index in [1.807, 2.05) is 43.0 Å². The maximum Gasteiger partial charge on any atom is 0.321 e. The second-order valence-electron chi connectivity index (χ2n) is 5.92. The molecule has 0 bridgehead atoms. The summed E-state index contributed by atoms with van der Waals surface area (Å²) < 4.78 is 5.65. The number of aryl methyl sites for hydroxylation is 1. The molecule has 0 spiro atoms. The molecule has 3 rings (SSSR count). The van der Waals surface area contributed by atoms with Crippen LogP contribution < -0.4 is 5.32 Å². The molecule has 1 aromatic heterocycles. The summed E-state index contributed by atoms with van der Waals surface area (Å²) in [5, 5.41) is 9.93. The molecular weight excluding hydrogens is 306 g/mol. The van der Waals surface area contributed by atoms with Crippen LogP contribution in [0.15, 0.2) is 24.3 Å². The van der Waals surface area contributed by atoms with Crippen molar-refractivity contribution in [3.8, 4) is 11.4 Å². The predicted octanol–water partition coefficient (Wildman–Crippen LogP) is 2.81. The van der Waals surface area contributed by atoms with Gasteiger partial charge >= 0.3 is 6.03 Å². The summed E-state index contributed by atoms with van der Waals surface area (Å²) in [6, 6.07) is 7.46. The van der Waals surface area contributed by atoms with E-state index in [1.54, 1.807) is 0 Å². The van der Waals surface area contributed by atoms with Crippen molar-refractivity contribution in [2.45, 2.75) is 32.8 Å². The molecular formula is C17H23N5O2. The lowest BCUT2D eigenvalue weighted by atomic mass is 10.1. The van der Waals surface area contributed by atoms with E-state index < -0.39 is 0 Å². The zero-order chi connectivity index (χ0) is 16.9. The van der Waals surface area contributed by atoms with E-state index in [0.717, 1.165) is 36.5 Å². The number of carbonyl (C=O) groups excluding carboxylic acids is 1. The first kappa shape index (κ1) is 16.4. The second kappa shape index (κ2) is 7.44. The molecule has 1 aliphatic rings. The summed E-state index contributed by atoms with van der Waals surface area (Å²) in [4.78, 5) is 18.6.